The van der Waals surface area contributed by atoms with Crippen LogP contribution in [-0.2, 0) is 0 Å². The van der Waals surface area contributed by atoms with Crippen LogP contribution in [0.4, 0.5) is 0 Å². The fourth-order valence-electron chi connectivity index (χ4n) is 2.27. The molecule has 1 fully saturated rings. The van der Waals surface area contributed by atoms with Gasteiger partial charge in [0.1, 0.15) is 18.5 Å². The van der Waals surface area contributed by atoms with E-state index in [4.69, 9.17) is 16.3 Å². The Bertz CT molecular complexity index is 434. The van der Waals surface area contributed by atoms with Gasteiger partial charge in [0.15, 0.2) is 0 Å². The SMILES string of the molecule is Cc1cc(OCC(O)CNCC(C)C2CC2)ccc1Cl. The third-order valence-electron chi connectivity index (χ3n) is 3.84. The first-order valence-electron chi connectivity index (χ1n) is 7.34. The number of aliphatic hydroxyl groups excluding tert-OH is 1. The molecule has 1 aromatic carbocycles. The zero-order valence-electron chi connectivity index (χ0n) is 12.2. The third kappa shape index (κ3) is 4.97. The maximum atomic E-state index is 9.89. The standard InChI is InChI=1S/C16H24ClNO2/c1-11-7-15(5-6-16(11)17)20-10-14(19)9-18-8-12(2)13-3-4-13/h5-7,12-14,18-19H,3-4,8-10H2,1-2H3. The molecule has 0 bridgehead atoms. The van der Waals surface area contributed by atoms with Crippen molar-refractivity contribution >= 4 is 11.6 Å². The number of hydrogen-bond donors (Lipinski definition) is 2. The number of nitrogens with one attached hydrogen (secondary N) is 1. The molecule has 0 aliphatic heterocycles. The van der Waals surface area contributed by atoms with Crippen molar-refractivity contribution in [1.82, 2.24) is 5.32 Å². The number of ether oxygens (including phenoxy) is 1. The molecule has 0 aromatic heterocycles. The van der Waals surface area contributed by atoms with E-state index >= 15 is 0 Å². The van der Waals surface area contributed by atoms with Crippen molar-refractivity contribution in [2.45, 2.75) is 32.8 Å². The van der Waals surface area contributed by atoms with Crippen molar-refractivity contribution < 1.29 is 9.84 Å². The number of aliphatic hydroxyl groups is 1. The second-order valence-electron chi connectivity index (χ2n) is 5.85. The summed E-state index contributed by atoms with van der Waals surface area (Å²) in [5, 5.41) is 13.9. The Morgan fingerprint density at radius 2 is 2.15 bits per heavy atom. The Morgan fingerprint density at radius 3 is 2.80 bits per heavy atom. The lowest BCUT2D eigenvalue weighted by Crippen LogP contribution is -2.34. The molecule has 0 radical (unpaired) electrons. The van der Waals surface area contributed by atoms with Gasteiger partial charge in [-0.3, -0.25) is 0 Å². The monoisotopic (exact) mass is 297 g/mol. The lowest BCUT2D eigenvalue weighted by molar-refractivity contribution is 0.105. The van der Waals surface area contributed by atoms with Crippen molar-refractivity contribution in [1.29, 1.82) is 0 Å². The summed E-state index contributed by atoms with van der Waals surface area (Å²) < 4.78 is 5.57. The van der Waals surface area contributed by atoms with Crippen molar-refractivity contribution in [3.05, 3.63) is 28.8 Å². The van der Waals surface area contributed by atoms with Crippen LogP contribution in [0.3, 0.4) is 0 Å². The van der Waals surface area contributed by atoms with E-state index in [0.717, 1.165) is 28.8 Å². The Hall–Kier alpha value is -0.770. The molecular formula is C16H24ClNO2. The van der Waals surface area contributed by atoms with Gasteiger partial charge < -0.3 is 15.2 Å². The molecule has 1 aliphatic rings. The average Bonchev–Trinajstić information content (AvgIpc) is 3.24. The van der Waals surface area contributed by atoms with E-state index < -0.39 is 6.10 Å². The number of rotatable bonds is 8. The predicted molar refractivity (Wildman–Crippen MR) is 82.4 cm³/mol. The van der Waals surface area contributed by atoms with Gasteiger partial charge in [0.25, 0.3) is 0 Å². The van der Waals surface area contributed by atoms with Crippen LogP contribution in [-0.4, -0.2) is 30.9 Å². The summed E-state index contributed by atoms with van der Waals surface area (Å²) in [5.74, 6) is 2.35. The highest BCUT2D eigenvalue weighted by atomic mass is 35.5. The molecule has 0 spiro atoms. The van der Waals surface area contributed by atoms with Crippen molar-refractivity contribution in [2.75, 3.05) is 19.7 Å². The summed E-state index contributed by atoms with van der Waals surface area (Å²) >= 11 is 5.96. The van der Waals surface area contributed by atoms with E-state index in [1.807, 2.05) is 25.1 Å². The highest BCUT2D eigenvalue weighted by Crippen LogP contribution is 2.36. The molecule has 2 N–H and O–H groups in total. The maximum Gasteiger partial charge on any atom is 0.119 e. The van der Waals surface area contributed by atoms with Gasteiger partial charge in [0.2, 0.25) is 0 Å². The van der Waals surface area contributed by atoms with Crippen molar-refractivity contribution in [3.63, 3.8) is 0 Å². The molecule has 3 nitrogen and oxygen atoms in total. The molecule has 0 saturated heterocycles. The molecular weight excluding hydrogens is 274 g/mol. The Balaban J connectivity index is 1.63. The largest absolute Gasteiger partial charge is 0.491 e. The highest BCUT2D eigenvalue weighted by molar-refractivity contribution is 6.31. The fourth-order valence-corrected chi connectivity index (χ4v) is 2.39. The minimum Gasteiger partial charge on any atom is -0.491 e. The molecule has 1 aliphatic carbocycles. The van der Waals surface area contributed by atoms with E-state index in [1.165, 1.54) is 12.8 Å². The lowest BCUT2D eigenvalue weighted by atomic mass is 10.1. The van der Waals surface area contributed by atoms with Crippen LogP contribution in [0.25, 0.3) is 0 Å². The summed E-state index contributed by atoms with van der Waals surface area (Å²) in [5.41, 5.74) is 0.982. The number of halogens is 1. The Morgan fingerprint density at radius 1 is 1.40 bits per heavy atom. The van der Waals surface area contributed by atoms with E-state index in [1.54, 1.807) is 0 Å². The molecule has 1 aromatic rings. The van der Waals surface area contributed by atoms with Gasteiger partial charge in [-0.2, -0.15) is 0 Å². The van der Waals surface area contributed by atoms with Crippen LogP contribution < -0.4 is 10.1 Å². The van der Waals surface area contributed by atoms with Crippen LogP contribution in [0, 0.1) is 18.8 Å². The van der Waals surface area contributed by atoms with Gasteiger partial charge in [0, 0.05) is 11.6 Å². The molecule has 2 rings (SSSR count). The van der Waals surface area contributed by atoms with E-state index in [9.17, 15) is 5.11 Å². The summed E-state index contributed by atoms with van der Waals surface area (Å²) in [6, 6.07) is 5.52. The first-order chi connectivity index (χ1) is 9.56. The fraction of sp³-hybridized carbons (Fsp3) is 0.625. The Kier molecular flexibility index (Phi) is 5.70. The summed E-state index contributed by atoms with van der Waals surface area (Å²) in [6.07, 6.45) is 2.24. The zero-order chi connectivity index (χ0) is 14.5. The second-order valence-corrected chi connectivity index (χ2v) is 6.26. The molecule has 20 heavy (non-hydrogen) atoms. The molecule has 4 heteroatoms. The van der Waals surface area contributed by atoms with E-state index in [-0.39, 0.29) is 0 Å². The number of benzene rings is 1. The van der Waals surface area contributed by atoms with Gasteiger partial charge in [0.05, 0.1) is 0 Å². The zero-order valence-corrected chi connectivity index (χ0v) is 13.0. The number of aryl methyl sites for hydroxylation is 1. The van der Waals surface area contributed by atoms with Gasteiger partial charge >= 0.3 is 0 Å². The Labute approximate surface area is 126 Å². The van der Waals surface area contributed by atoms with Crippen LogP contribution in [0.2, 0.25) is 5.02 Å². The summed E-state index contributed by atoms with van der Waals surface area (Å²) in [7, 11) is 0. The van der Waals surface area contributed by atoms with Crippen molar-refractivity contribution in [2.24, 2.45) is 11.8 Å². The van der Waals surface area contributed by atoms with Crippen molar-refractivity contribution in [3.8, 4) is 5.75 Å². The topological polar surface area (TPSA) is 41.5 Å². The van der Waals surface area contributed by atoms with Gasteiger partial charge in [-0.05, 0) is 61.9 Å². The van der Waals surface area contributed by atoms with Gasteiger partial charge in [-0.1, -0.05) is 18.5 Å². The van der Waals surface area contributed by atoms with Crippen LogP contribution in [0.15, 0.2) is 18.2 Å². The summed E-state index contributed by atoms with van der Waals surface area (Å²) in [6.45, 7) is 6.05. The normalized spacial score (nSPS) is 17.8. The van der Waals surface area contributed by atoms with Crippen LogP contribution >= 0.6 is 11.6 Å². The molecule has 2 unspecified atom stereocenters. The quantitative estimate of drug-likeness (QED) is 0.775. The van der Waals surface area contributed by atoms with Crippen LogP contribution in [0.5, 0.6) is 5.75 Å². The van der Waals surface area contributed by atoms with E-state index in [0.29, 0.717) is 19.1 Å². The molecule has 2 atom stereocenters. The first-order valence-corrected chi connectivity index (χ1v) is 7.72. The third-order valence-corrected chi connectivity index (χ3v) is 4.27. The minimum absolute atomic E-state index is 0.298. The number of hydrogen-bond acceptors (Lipinski definition) is 3. The van der Waals surface area contributed by atoms with Gasteiger partial charge in [-0.15, -0.1) is 0 Å². The van der Waals surface area contributed by atoms with E-state index in [2.05, 4.69) is 12.2 Å². The molecule has 0 amide bonds. The van der Waals surface area contributed by atoms with Gasteiger partial charge in [-0.25, -0.2) is 0 Å². The molecule has 0 heterocycles. The predicted octanol–water partition coefficient (Wildman–Crippen LogP) is 3.02. The minimum atomic E-state index is -0.489. The second kappa shape index (κ2) is 7.30. The average molecular weight is 298 g/mol. The molecule has 112 valence electrons. The maximum absolute atomic E-state index is 9.89. The first kappa shape index (κ1) is 15.6. The smallest absolute Gasteiger partial charge is 0.119 e. The van der Waals surface area contributed by atoms with Crippen LogP contribution in [0.1, 0.15) is 25.3 Å². The molecule has 1 saturated carbocycles. The summed E-state index contributed by atoms with van der Waals surface area (Å²) in [4.78, 5) is 0. The highest BCUT2D eigenvalue weighted by Gasteiger charge is 2.27. The lowest BCUT2D eigenvalue weighted by Gasteiger charge is -2.16.